The molecular formula is C14H14IN. The number of hydrogen-bond acceptors (Lipinski definition) is 1. The van der Waals surface area contributed by atoms with Crippen molar-refractivity contribution in [2.45, 2.75) is 6.54 Å². The maximum atomic E-state index is 2.33. The zero-order valence-electron chi connectivity index (χ0n) is 9.23. The van der Waals surface area contributed by atoms with E-state index in [2.05, 4.69) is 83.1 Å². The number of rotatable bonds is 3. The van der Waals surface area contributed by atoms with Crippen LogP contribution < -0.4 is 4.90 Å². The van der Waals surface area contributed by atoms with Crippen LogP contribution in [-0.2, 0) is 6.54 Å². The van der Waals surface area contributed by atoms with Crippen molar-refractivity contribution < 1.29 is 0 Å². The standard InChI is InChI=1S/C14H14IN/c1-16(14-5-3-2-4-6-14)11-12-7-9-13(15)10-8-12/h2-10H,11H2,1H3. The first-order chi connectivity index (χ1) is 7.75. The molecule has 0 fully saturated rings. The van der Waals surface area contributed by atoms with Crippen molar-refractivity contribution in [2.24, 2.45) is 0 Å². The van der Waals surface area contributed by atoms with Gasteiger partial charge in [0.1, 0.15) is 0 Å². The summed E-state index contributed by atoms with van der Waals surface area (Å²) in [5.41, 5.74) is 2.59. The van der Waals surface area contributed by atoms with Crippen molar-refractivity contribution in [3.8, 4) is 0 Å². The highest BCUT2D eigenvalue weighted by Crippen LogP contribution is 2.15. The summed E-state index contributed by atoms with van der Waals surface area (Å²) < 4.78 is 1.28. The van der Waals surface area contributed by atoms with Crippen LogP contribution in [0.25, 0.3) is 0 Å². The predicted molar refractivity (Wildman–Crippen MR) is 77.7 cm³/mol. The molecule has 0 atom stereocenters. The Morgan fingerprint density at radius 3 is 2.19 bits per heavy atom. The van der Waals surface area contributed by atoms with Gasteiger partial charge in [-0.1, -0.05) is 30.3 Å². The van der Waals surface area contributed by atoms with Gasteiger partial charge in [0.2, 0.25) is 0 Å². The maximum absolute atomic E-state index is 2.33. The topological polar surface area (TPSA) is 3.24 Å². The molecule has 2 heteroatoms. The van der Waals surface area contributed by atoms with Crippen LogP contribution in [-0.4, -0.2) is 7.05 Å². The summed E-state index contributed by atoms with van der Waals surface area (Å²) in [6.07, 6.45) is 0. The van der Waals surface area contributed by atoms with E-state index in [4.69, 9.17) is 0 Å². The van der Waals surface area contributed by atoms with Gasteiger partial charge in [-0.15, -0.1) is 0 Å². The third kappa shape index (κ3) is 2.98. The second kappa shape index (κ2) is 5.34. The van der Waals surface area contributed by atoms with Crippen LogP contribution in [0.1, 0.15) is 5.56 Å². The van der Waals surface area contributed by atoms with Gasteiger partial charge in [-0.25, -0.2) is 0 Å². The Kier molecular flexibility index (Phi) is 3.83. The monoisotopic (exact) mass is 323 g/mol. The van der Waals surface area contributed by atoms with Crippen LogP contribution >= 0.6 is 22.6 Å². The lowest BCUT2D eigenvalue weighted by atomic mass is 10.2. The first-order valence-electron chi connectivity index (χ1n) is 5.26. The summed E-state index contributed by atoms with van der Waals surface area (Å²) in [5.74, 6) is 0. The van der Waals surface area contributed by atoms with E-state index in [0.717, 1.165) is 6.54 Å². The van der Waals surface area contributed by atoms with Gasteiger partial charge >= 0.3 is 0 Å². The fourth-order valence-corrected chi connectivity index (χ4v) is 2.00. The molecule has 0 aromatic heterocycles. The molecule has 0 aliphatic carbocycles. The minimum Gasteiger partial charge on any atom is -0.370 e. The van der Waals surface area contributed by atoms with Crippen molar-refractivity contribution in [1.82, 2.24) is 0 Å². The first kappa shape index (κ1) is 11.5. The van der Waals surface area contributed by atoms with E-state index < -0.39 is 0 Å². The molecule has 0 amide bonds. The molecule has 2 aromatic carbocycles. The quantitative estimate of drug-likeness (QED) is 0.774. The molecule has 2 rings (SSSR count). The maximum Gasteiger partial charge on any atom is 0.0426 e. The third-order valence-electron chi connectivity index (χ3n) is 2.53. The molecule has 1 nitrogen and oxygen atoms in total. The molecular weight excluding hydrogens is 309 g/mol. The molecule has 0 spiro atoms. The van der Waals surface area contributed by atoms with E-state index in [9.17, 15) is 0 Å². The number of hydrogen-bond donors (Lipinski definition) is 0. The fraction of sp³-hybridized carbons (Fsp3) is 0.143. The third-order valence-corrected chi connectivity index (χ3v) is 3.25. The fourth-order valence-electron chi connectivity index (χ4n) is 1.64. The number of benzene rings is 2. The Labute approximate surface area is 110 Å². The smallest absolute Gasteiger partial charge is 0.0426 e. The second-order valence-corrected chi connectivity index (χ2v) is 5.06. The van der Waals surface area contributed by atoms with Crippen LogP contribution in [0.3, 0.4) is 0 Å². The summed E-state index contributed by atoms with van der Waals surface area (Å²) in [4.78, 5) is 2.25. The lowest BCUT2D eigenvalue weighted by Gasteiger charge is -2.19. The second-order valence-electron chi connectivity index (χ2n) is 3.82. The van der Waals surface area contributed by atoms with Gasteiger partial charge in [0.15, 0.2) is 0 Å². The van der Waals surface area contributed by atoms with E-state index >= 15 is 0 Å². The van der Waals surface area contributed by atoms with Crippen LogP contribution in [0, 0.1) is 3.57 Å². The van der Waals surface area contributed by atoms with Gasteiger partial charge in [0.25, 0.3) is 0 Å². The van der Waals surface area contributed by atoms with E-state index in [1.165, 1.54) is 14.8 Å². The molecule has 0 N–H and O–H groups in total. The molecule has 0 saturated carbocycles. The minimum atomic E-state index is 0.945. The number of halogens is 1. The lowest BCUT2D eigenvalue weighted by molar-refractivity contribution is 0.923. The van der Waals surface area contributed by atoms with Gasteiger partial charge in [0, 0.05) is 22.8 Å². The molecule has 0 saturated heterocycles. The molecule has 2 aromatic rings. The van der Waals surface area contributed by atoms with Gasteiger partial charge in [-0.05, 0) is 52.4 Å². The highest BCUT2D eigenvalue weighted by molar-refractivity contribution is 14.1. The largest absolute Gasteiger partial charge is 0.370 e. The lowest BCUT2D eigenvalue weighted by Crippen LogP contribution is -2.15. The van der Waals surface area contributed by atoms with Crippen molar-refractivity contribution in [3.63, 3.8) is 0 Å². The van der Waals surface area contributed by atoms with E-state index in [-0.39, 0.29) is 0 Å². The Balaban J connectivity index is 2.08. The summed E-state index contributed by atoms with van der Waals surface area (Å²) in [6.45, 7) is 0.945. The molecule has 0 heterocycles. The Bertz CT molecular complexity index is 436. The molecule has 0 aliphatic heterocycles. The van der Waals surface area contributed by atoms with Gasteiger partial charge in [-0.2, -0.15) is 0 Å². The average Bonchev–Trinajstić information content (AvgIpc) is 2.33. The first-order valence-corrected chi connectivity index (χ1v) is 6.34. The molecule has 16 heavy (non-hydrogen) atoms. The number of nitrogens with zero attached hydrogens (tertiary/aromatic N) is 1. The Morgan fingerprint density at radius 2 is 1.56 bits per heavy atom. The molecule has 82 valence electrons. The van der Waals surface area contributed by atoms with E-state index in [1.807, 2.05) is 6.07 Å². The highest BCUT2D eigenvalue weighted by atomic mass is 127. The number of anilines is 1. The molecule has 0 bridgehead atoms. The summed E-state index contributed by atoms with van der Waals surface area (Å²) >= 11 is 2.33. The van der Waals surface area contributed by atoms with E-state index in [0.29, 0.717) is 0 Å². The summed E-state index contributed by atoms with van der Waals surface area (Å²) in [7, 11) is 2.12. The zero-order valence-corrected chi connectivity index (χ0v) is 11.4. The number of para-hydroxylation sites is 1. The molecule has 0 radical (unpaired) electrons. The van der Waals surface area contributed by atoms with Crippen molar-refractivity contribution in [1.29, 1.82) is 0 Å². The SMILES string of the molecule is CN(Cc1ccc(I)cc1)c1ccccc1. The molecule has 0 aliphatic rings. The van der Waals surface area contributed by atoms with E-state index in [1.54, 1.807) is 0 Å². The minimum absolute atomic E-state index is 0.945. The highest BCUT2D eigenvalue weighted by Gasteiger charge is 2.00. The van der Waals surface area contributed by atoms with Crippen molar-refractivity contribution in [3.05, 3.63) is 63.7 Å². The van der Waals surface area contributed by atoms with Crippen LogP contribution in [0.5, 0.6) is 0 Å². The zero-order chi connectivity index (χ0) is 11.4. The van der Waals surface area contributed by atoms with Crippen molar-refractivity contribution >= 4 is 28.3 Å². The van der Waals surface area contributed by atoms with Crippen molar-refractivity contribution in [2.75, 3.05) is 11.9 Å². The van der Waals surface area contributed by atoms with Gasteiger partial charge < -0.3 is 4.90 Å². The Hall–Kier alpha value is -1.03. The van der Waals surface area contributed by atoms with Crippen LogP contribution in [0.15, 0.2) is 54.6 Å². The van der Waals surface area contributed by atoms with Crippen LogP contribution in [0.4, 0.5) is 5.69 Å². The van der Waals surface area contributed by atoms with Gasteiger partial charge in [-0.3, -0.25) is 0 Å². The normalized spacial score (nSPS) is 10.1. The summed E-state index contributed by atoms with van der Waals surface area (Å²) in [6, 6.07) is 19.1. The van der Waals surface area contributed by atoms with Crippen LogP contribution in [0.2, 0.25) is 0 Å². The molecule has 0 unspecified atom stereocenters. The van der Waals surface area contributed by atoms with Gasteiger partial charge in [0.05, 0.1) is 0 Å². The average molecular weight is 323 g/mol. The summed E-state index contributed by atoms with van der Waals surface area (Å²) in [5, 5.41) is 0. The predicted octanol–water partition coefficient (Wildman–Crippen LogP) is 3.93. The Morgan fingerprint density at radius 1 is 0.938 bits per heavy atom.